The number of carbonyl (C=O) groups is 1. The Balaban J connectivity index is 2.07. The van der Waals surface area contributed by atoms with E-state index in [9.17, 15) is 13.2 Å². The van der Waals surface area contributed by atoms with Crippen molar-refractivity contribution in [2.45, 2.75) is 18.7 Å². The number of carboxylic acid groups (broad SMARTS) is 1. The van der Waals surface area contributed by atoms with Crippen molar-refractivity contribution >= 4 is 32.5 Å². The predicted molar refractivity (Wildman–Crippen MR) is 107 cm³/mol. The second-order valence-electron chi connectivity index (χ2n) is 6.79. The highest BCUT2D eigenvalue weighted by Crippen LogP contribution is 2.27. The van der Waals surface area contributed by atoms with Crippen molar-refractivity contribution in [3.05, 3.63) is 72.3 Å². The van der Waals surface area contributed by atoms with Gasteiger partial charge in [-0.2, -0.15) is 0 Å². The Morgan fingerprint density at radius 3 is 2.19 bits per heavy atom. The highest BCUT2D eigenvalue weighted by molar-refractivity contribution is 7.92. The maximum atomic E-state index is 13.3. The Labute approximate surface area is 158 Å². The summed E-state index contributed by atoms with van der Waals surface area (Å²) in [4.78, 5) is 11.3. The van der Waals surface area contributed by atoms with Crippen LogP contribution in [0.25, 0.3) is 10.8 Å². The lowest BCUT2D eigenvalue weighted by Gasteiger charge is -2.26. The Hall–Kier alpha value is -2.86. The fourth-order valence-electron chi connectivity index (χ4n) is 2.90. The van der Waals surface area contributed by atoms with Gasteiger partial charge in [0.1, 0.15) is 0 Å². The van der Waals surface area contributed by atoms with Gasteiger partial charge in [-0.3, -0.25) is 4.31 Å². The van der Waals surface area contributed by atoms with E-state index < -0.39 is 16.0 Å². The number of hydrogen-bond donors (Lipinski definition) is 1. The van der Waals surface area contributed by atoms with Crippen molar-refractivity contribution in [3.63, 3.8) is 0 Å². The molecule has 0 spiro atoms. The van der Waals surface area contributed by atoms with Crippen LogP contribution >= 0.6 is 0 Å². The van der Waals surface area contributed by atoms with Gasteiger partial charge in [0.2, 0.25) is 0 Å². The Bertz CT molecular complexity index is 1070. The molecule has 0 saturated carbocycles. The van der Waals surface area contributed by atoms with Gasteiger partial charge in [-0.25, -0.2) is 13.2 Å². The van der Waals surface area contributed by atoms with E-state index in [2.05, 4.69) is 0 Å². The van der Waals surface area contributed by atoms with Gasteiger partial charge < -0.3 is 5.11 Å². The molecule has 3 aromatic carbocycles. The van der Waals surface area contributed by atoms with Crippen molar-refractivity contribution < 1.29 is 18.3 Å². The van der Waals surface area contributed by atoms with Crippen LogP contribution in [0.5, 0.6) is 0 Å². The first-order valence-corrected chi connectivity index (χ1v) is 10.1. The lowest BCUT2D eigenvalue weighted by Crippen LogP contribution is -2.34. The number of sulfonamides is 1. The summed E-state index contributed by atoms with van der Waals surface area (Å²) in [5, 5.41) is 10.9. The fraction of sp³-hybridized carbons (Fsp3) is 0.190. The quantitative estimate of drug-likeness (QED) is 0.685. The standard InChI is InChI=1S/C21H21NO4S/c1-15(2)14-22(19-10-7-17(8-11-19)21(23)24)27(25,26)20-12-9-16-5-3-4-6-18(16)13-20/h3-13,15H,14H2,1-2H3,(H,23,24). The fourth-order valence-corrected chi connectivity index (χ4v) is 4.56. The average molecular weight is 383 g/mol. The first kappa shape index (κ1) is 18.9. The third-order valence-corrected chi connectivity index (χ3v) is 6.03. The van der Waals surface area contributed by atoms with Gasteiger partial charge >= 0.3 is 5.97 Å². The van der Waals surface area contributed by atoms with E-state index in [1.165, 1.54) is 28.6 Å². The van der Waals surface area contributed by atoms with Crippen LogP contribution < -0.4 is 4.31 Å². The molecule has 0 aliphatic carbocycles. The van der Waals surface area contributed by atoms with Crippen LogP contribution in [0.4, 0.5) is 5.69 Å². The molecule has 0 heterocycles. The van der Waals surface area contributed by atoms with Crippen LogP contribution in [0, 0.1) is 5.92 Å². The smallest absolute Gasteiger partial charge is 0.335 e. The van der Waals surface area contributed by atoms with Gasteiger partial charge in [0.05, 0.1) is 16.1 Å². The summed E-state index contributed by atoms with van der Waals surface area (Å²) < 4.78 is 28.0. The lowest BCUT2D eigenvalue weighted by atomic mass is 10.1. The molecule has 0 radical (unpaired) electrons. The second kappa shape index (κ2) is 7.40. The molecule has 0 aromatic heterocycles. The molecule has 3 rings (SSSR count). The number of fused-ring (bicyclic) bond motifs is 1. The number of benzene rings is 3. The first-order valence-electron chi connectivity index (χ1n) is 8.64. The Kier molecular flexibility index (Phi) is 5.19. The number of anilines is 1. The molecule has 0 aliphatic heterocycles. The number of hydrogen-bond acceptors (Lipinski definition) is 3. The van der Waals surface area contributed by atoms with Crippen molar-refractivity contribution in [2.75, 3.05) is 10.8 Å². The van der Waals surface area contributed by atoms with Crippen LogP contribution in [0.2, 0.25) is 0 Å². The molecule has 3 aromatic rings. The van der Waals surface area contributed by atoms with Crippen LogP contribution in [-0.4, -0.2) is 26.0 Å². The van der Waals surface area contributed by atoms with Gasteiger partial charge in [0.15, 0.2) is 0 Å². The average Bonchev–Trinajstić information content (AvgIpc) is 2.65. The van der Waals surface area contributed by atoms with E-state index in [1.54, 1.807) is 18.2 Å². The monoisotopic (exact) mass is 383 g/mol. The topological polar surface area (TPSA) is 74.7 Å². The molecule has 5 nitrogen and oxygen atoms in total. The molecule has 0 saturated heterocycles. The summed E-state index contributed by atoms with van der Waals surface area (Å²) >= 11 is 0. The van der Waals surface area contributed by atoms with E-state index in [-0.39, 0.29) is 16.4 Å². The molecular weight excluding hydrogens is 362 g/mol. The van der Waals surface area contributed by atoms with Crippen LogP contribution in [0.15, 0.2) is 71.6 Å². The van der Waals surface area contributed by atoms with Gasteiger partial charge in [0, 0.05) is 6.54 Å². The lowest BCUT2D eigenvalue weighted by molar-refractivity contribution is 0.0697. The highest BCUT2D eigenvalue weighted by atomic mass is 32.2. The summed E-state index contributed by atoms with van der Waals surface area (Å²) in [5.74, 6) is -0.950. The minimum Gasteiger partial charge on any atom is -0.478 e. The molecule has 140 valence electrons. The maximum absolute atomic E-state index is 13.3. The molecular formula is C21H21NO4S. The summed E-state index contributed by atoms with van der Waals surface area (Å²) in [6.45, 7) is 4.17. The third kappa shape index (κ3) is 3.95. The molecule has 27 heavy (non-hydrogen) atoms. The molecule has 0 atom stereocenters. The predicted octanol–water partition coefficient (Wildman–Crippen LogP) is 4.39. The largest absolute Gasteiger partial charge is 0.478 e. The molecule has 0 bridgehead atoms. The molecule has 0 unspecified atom stereocenters. The highest BCUT2D eigenvalue weighted by Gasteiger charge is 2.26. The summed E-state index contributed by atoms with van der Waals surface area (Å²) in [6, 6.07) is 18.6. The normalized spacial score (nSPS) is 11.7. The first-order chi connectivity index (χ1) is 12.8. The number of aromatic carboxylic acids is 1. The Morgan fingerprint density at radius 2 is 1.59 bits per heavy atom. The summed E-state index contributed by atoms with van der Waals surface area (Å²) in [5.41, 5.74) is 0.563. The minimum absolute atomic E-state index is 0.0966. The number of nitrogens with zero attached hydrogens (tertiary/aromatic N) is 1. The Morgan fingerprint density at radius 1 is 0.963 bits per heavy atom. The van der Waals surface area contributed by atoms with Crippen LogP contribution in [0.1, 0.15) is 24.2 Å². The maximum Gasteiger partial charge on any atom is 0.335 e. The van der Waals surface area contributed by atoms with Crippen molar-refractivity contribution in [2.24, 2.45) is 5.92 Å². The van der Waals surface area contributed by atoms with E-state index >= 15 is 0 Å². The number of rotatable bonds is 6. The second-order valence-corrected chi connectivity index (χ2v) is 8.65. The molecule has 0 amide bonds. The van der Waals surface area contributed by atoms with Crippen LogP contribution in [-0.2, 0) is 10.0 Å². The van der Waals surface area contributed by atoms with Crippen molar-refractivity contribution in [3.8, 4) is 0 Å². The van der Waals surface area contributed by atoms with Gasteiger partial charge in [-0.05, 0) is 53.1 Å². The molecule has 0 fully saturated rings. The van der Waals surface area contributed by atoms with E-state index in [0.29, 0.717) is 12.2 Å². The summed E-state index contributed by atoms with van der Waals surface area (Å²) in [6.07, 6.45) is 0. The molecule has 1 N–H and O–H groups in total. The van der Waals surface area contributed by atoms with E-state index in [4.69, 9.17) is 5.11 Å². The SMILES string of the molecule is CC(C)CN(c1ccc(C(=O)O)cc1)S(=O)(=O)c1ccc2ccccc2c1. The zero-order chi connectivity index (χ0) is 19.6. The zero-order valence-electron chi connectivity index (χ0n) is 15.2. The van der Waals surface area contributed by atoms with Crippen molar-refractivity contribution in [1.82, 2.24) is 0 Å². The minimum atomic E-state index is -3.79. The van der Waals surface area contributed by atoms with Crippen molar-refractivity contribution in [1.29, 1.82) is 0 Å². The van der Waals surface area contributed by atoms with Gasteiger partial charge in [-0.15, -0.1) is 0 Å². The van der Waals surface area contributed by atoms with Gasteiger partial charge in [0.25, 0.3) is 10.0 Å². The number of carboxylic acids is 1. The molecule has 0 aliphatic rings. The zero-order valence-corrected chi connectivity index (χ0v) is 16.0. The molecule has 6 heteroatoms. The van der Waals surface area contributed by atoms with Gasteiger partial charge in [-0.1, -0.05) is 44.2 Å². The third-order valence-electron chi connectivity index (χ3n) is 4.24. The van der Waals surface area contributed by atoms with E-state index in [0.717, 1.165) is 10.8 Å². The van der Waals surface area contributed by atoms with Crippen LogP contribution in [0.3, 0.4) is 0 Å². The van der Waals surface area contributed by atoms with E-state index in [1.807, 2.05) is 38.1 Å². The summed E-state index contributed by atoms with van der Waals surface area (Å²) in [7, 11) is -3.79.